The van der Waals surface area contributed by atoms with Gasteiger partial charge in [-0.15, -0.1) is 0 Å². The van der Waals surface area contributed by atoms with Crippen molar-refractivity contribution in [2.75, 3.05) is 5.32 Å². The van der Waals surface area contributed by atoms with E-state index in [0.29, 0.717) is 27.1 Å². The third-order valence-corrected chi connectivity index (χ3v) is 4.42. The molecule has 0 unspecified atom stereocenters. The highest BCUT2D eigenvalue weighted by molar-refractivity contribution is 6.43. The first-order valence-corrected chi connectivity index (χ1v) is 8.77. The van der Waals surface area contributed by atoms with Gasteiger partial charge < -0.3 is 14.5 Å². The summed E-state index contributed by atoms with van der Waals surface area (Å²) in [6.07, 6.45) is 2.65. The van der Waals surface area contributed by atoms with E-state index in [0.717, 1.165) is 0 Å². The first kappa shape index (κ1) is 19.9. The number of anilines is 1. The molecule has 0 aliphatic heterocycles. The van der Waals surface area contributed by atoms with Gasteiger partial charge in [-0.25, -0.2) is 0 Å². The molecule has 0 spiro atoms. The summed E-state index contributed by atoms with van der Waals surface area (Å²) in [5.74, 6) is 0.223. The predicted molar refractivity (Wildman–Crippen MR) is 105 cm³/mol. The van der Waals surface area contributed by atoms with Gasteiger partial charge in [0, 0.05) is 11.6 Å². The minimum absolute atomic E-state index is 0.128. The Labute approximate surface area is 169 Å². The lowest BCUT2D eigenvalue weighted by molar-refractivity contribution is -0.111. The van der Waals surface area contributed by atoms with E-state index >= 15 is 0 Å². The fraction of sp³-hybridized carbons (Fsp3) is 0.0500. The van der Waals surface area contributed by atoms with Gasteiger partial charge in [0.2, 0.25) is 5.91 Å². The van der Waals surface area contributed by atoms with Crippen LogP contribution in [0.3, 0.4) is 0 Å². The van der Waals surface area contributed by atoms with E-state index in [4.69, 9.17) is 27.6 Å². The number of carbonyl (C=O) groups is 1. The number of para-hydroxylation sites is 2. The second-order valence-corrected chi connectivity index (χ2v) is 6.29. The summed E-state index contributed by atoms with van der Waals surface area (Å²) in [7, 11) is 0. The van der Waals surface area contributed by atoms with E-state index in [2.05, 4.69) is 10.1 Å². The van der Waals surface area contributed by atoms with Gasteiger partial charge in [0.05, 0.1) is 15.7 Å². The largest absolute Gasteiger partial charge is 0.457 e. The molecule has 1 heterocycles. The minimum atomic E-state index is -2.99. The van der Waals surface area contributed by atoms with Crippen LogP contribution in [-0.2, 0) is 4.79 Å². The number of alkyl halides is 2. The molecule has 0 bridgehead atoms. The first-order chi connectivity index (χ1) is 13.4. The van der Waals surface area contributed by atoms with E-state index in [-0.39, 0.29) is 11.4 Å². The summed E-state index contributed by atoms with van der Waals surface area (Å²) < 4.78 is 34.9. The molecule has 0 aliphatic carbocycles. The van der Waals surface area contributed by atoms with Crippen molar-refractivity contribution in [3.8, 4) is 17.1 Å². The number of hydrogen-bond donors (Lipinski definition) is 1. The molecular weight excluding hydrogens is 411 g/mol. The standard InChI is InChI=1S/C20H13Cl2F2NO3/c21-14-5-3-4-13(19(14)22)16-10-8-12(27-16)9-11-18(26)25-15-6-1-2-7-17(15)28-20(23)24/h1-11,20H,(H,25,26). The summed E-state index contributed by atoms with van der Waals surface area (Å²) in [6, 6.07) is 14.4. The van der Waals surface area contributed by atoms with Crippen LogP contribution in [0.5, 0.6) is 5.75 Å². The number of amides is 1. The molecule has 2 aromatic carbocycles. The lowest BCUT2D eigenvalue weighted by Crippen LogP contribution is -2.11. The minimum Gasteiger partial charge on any atom is -0.457 e. The number of halogens is 4. The second kappa shape index (κ2) is 8.91. The van der Waals surface area contributed by atoms with Crippen LogP contribution in [0.4, 0.5) is 14.5 Å². The molecule has 1 N–H and O–H groups in total. The van der Waals surface area contributed by atoms with Crippen molar-refractivity contribution in [3.63, 3.8) is 0 Å². The zero-order valence-corrected chi connectivity index (χ0v) is 15.7. The summed E-state index contributed by atoms with van der Waals surface area (Å²) in [6.45, 7) is -2.99. The number of furan rings is 1. The molecule has 3 rings (SSSR count). The number of nitrogens with one attached hydrogen (secondary N) is 1. The molecule has 0 fully saturated rings. The van der Waals surface area contributed by atoms with E-state index in [9.17, 15) is 13.6 Å². The van der Waals surface area contributed by atoms with Crippen LogP contribution in [0.2, 0.25) is 10.0 Å². The summed E-state index contributed by atoms with van der Waals surface area (Å²) >= 11 is 12.2. The molecule has 1 aromatic heterocycles. The summed E-state index contributed by atoms with van der Waals surface area (Å²) in [5, 5.41) is 3.24. The van der Waals surface area contributed by atoms with Gasteiger partial charge >= 0.3 is 6.61 Å². The maximum atomic E-state index is 12.4. The predicted octanol–water partition coefficient (Wildman–Crippen LogP) is 6.51. The Balaban J connectivity index is 1.71. The molecule has 0 radical (unpaired) electrons. The Hall–Kier alpha value is -2.83. The van der Waals surface area contributed by atoms with Gasteiger partial charge in [-0.2, -0.15) is 8.78 Å². The molecule has 0 atom stereocenters. The van der Waals surface area contributed by atoms with Crippen molar-refractivity contribution in [2.45, 2.75) is 6.61 Å². The van der Waals surface area contributed by atoms with Crippen LogP contribution >= 0.6 is 23.2 Å². The summed E-state index contributed by atoms with van der Waals surface area (Å²) in [4.78, 5) is 12.1. The highest BCUT2D eigenvalue weighted by atomic mass is 35.5. The van der Waals surface area contributed by atoms with Crippen LogP contribution in [0.25, 0.3) is 17.4 Å². The van der Waals surface area contributed by atoms with Crippen LogP contribution in [0.15, 0.2) is 65.1 Å². The number of ether oxygens (including phenoxy) is 1. The van der Waals surface area contributed by atoms with Gasteiger partial charge in [0.25, 0.3) is 0 Å². The highest BCUT2D eigenvalue weighted by Crippen LogP contribution is 2.34. The Morgan fingerprint density at radius 1 is 1.07 bits per heavy atom. The molecule has 144 valence electrons. The maximum absolute atomic E-state index is 12.4. The molecule has 3 aromatic rings. The van der Waals surface area contributed by atoms with Crippen molar-refractivity contribution < 1.29 is 22.7 Å². The van der Waals surface area contributed by atoms with E-state index in [1.165, 1.54) is 30.4 Å². The third-order valence-electron chi connectivity index (χ3n) is 3.60. The molecular formula is C20H13Cl2F2NO3. The topological polar surface area (TPSA) is 51.5 Å². The zero-order valence-electron chi connectivity index (χ0n) is 14.2. The van der Waals surface area contributed by atoms with Crippen LogP contribution in [0, 0.1) is 0 Å². The average Bonchev–Trinajstić information content (AvgIpc) is 3.12. The lowest BCUT2D eigenvalue weighted by atomic mass is 10.2. The van der Waals surface area contributed by atoms with E-state index in [1.807, 2.05) is 0 Å². The van der Waals surface area contributed by atoms with Crippen molar-refractivity contribution in [1.82, 2.24) is 0 Å². The van der Waals surface area contributed by atoms with Gasteiger partial charge in [0.15, 0.2) is 0 Å². The molecule has 28 heavy (non-hydrogen) atoms. The fourth-order valence-electron chi connectivity index (χ4n) is 2.38. The molecule has 8 heteroatoms. The van der Waals surface area contributed by atoms with Crippen molar-refractivity contribution in [1.29, 1.82) is 0 Å². The average molecular weight is 424 g/mol. The van der Waals surface area contributed by atoms with Gasteiger partial charge in [-0.05, 0) is 42.5 Å². The smallest absolute Gasteiger partial charge is 0.387 e. The fourth-order valence-corrected chi connectivity index (χ4v) is 2.78. The third kappa shape index (κ3) is 4.91. The van der Waals surface area contributed by atoms with Crippen molar-refractivity contribution in [2.24, 2.45) is 0 Å². The molecule has 0 aliphatic rings. The van der Waals surface area contributed by atoms with Crippen LogP contribution in [0.1, 0.15) is 5.76 Å². The molecule has 0 saturated carbocycles. The SMILES string of the molecule is O=C(C=Cc1ccc(-c2cccc(Cl)c2Cl)o1)Nc1ccccc1OC(F)F. The zero-order chi connectivity index (χ0) is 20.1. The van der Waals surface area contributed by atoms with Crippen molar-refractivity contribution in [3.05, 3.63) is 76.5 Å². The monoisotopic (exact) mass is 423 g/mol. The number of rotatable bonds is 6. The number of hydrogen-bond acceptors (Lipinski definition) is 3. The van der Waals surface area contributed by atoms with Gasteiger partial charge in [-0.3, -0.25) is 4.79 Å². The quantitative estimate of drug-likeness (QED) is 0.459. The maximum Gasteiger partial charge on any atom is 0.387 e. The molecule has 1 amide bonds. The van der Waals surface area contributed by atoms with E-state index < -0.39 is 12.5 Å². The normalized spacial score (nSPS) is 11.2. The number of benzene rings is 2. The van der Waals surface area contributed by atoms with Gasteiger partial charge in [-0.1, -0.05) is 41.4 Å². The Morgan fingerprint density at radius 2 is 1.86 bits per heavy atom. The van der Waals surface area contributed by atoms with Crippen LogP contribution < -0.4 is 10.1 Å². The summed E-state index contributed by atoms with van der Waals surface area (Å²) in [5.41, 5.74) is 0.750. The molecule has 4 nitrogen and oxygen atoms in total. The second-order valence-electron chi connectivity index (χ2n) is 5.50. The van der Waals surface area contributed by atoms with Crippen LogP contribution in [-0.4, -0.2) is 12.5 Å². The number of carbonyl (C=O) groups excluding carboxylic acids is 1. The molecule has 0 saturated heterocycles. The highest BCUT2D eigenvalue weighted by Gasteiger charge is 2.12. The lowest BCUT2D eigenvalue weighted by Gasteiger charge is -2.10. The Kier molecular flexibility index (Phi) is 6.34. The Bertz CT molecular complexity index is 1020. The van der Waals surface area contributed by atoms with Crippen molar-refractivity contribution >= 4 is 40.9 Å². The van der Waals surface area contributed by atoms with Gasteiger partial charge in [0.1, 0.15) is 17.3 Å². The van der Waals surface area contributed by atoms with E-state index in [1.54, 1.807) is 36.4 Å². The first-order valence-electron chi connectivity index (χ1n) is 8.01. The Morgan fingerprint density at radius 3 is 2.64 bits per heavy atom.